The molecule has 0 heterocycles. The third kappa shape index (κ3) is 47.4. The zero-order valence-electron chi connectivity index (χ0n) is 6.02. The molecule has 0 aliphatic carbocycles. The minimum absolute atomic E-state index is 0. The zero-order valence-corrected chi connectivity index (χ0v) is 17.4. The van der Waals surface area contributed by atoms with Gasteiger partial charge in [-0.25, -0.2) is 0 Å². The standard InChI is InChI=1S/C2H5.2CH3.4Y/c1-2;;;;;;/h1H2,2H3;2*1H3;;;;/q3*-1;;;;+3. The Morgan fingerprint density at radius 3 is 0.750 bits per heavy atom. The Balaban J connectivity index is -0.000000000333. The SMILES string of the molecule is [CH2-]C.[CH3-].[CH3-].[Y+3].[Y].[Y].[Y]. The van der Waals surface area contributed by atoms with Gasteiger partial charge in [-0.05, 0) is 0 Å². The summed E-state index contributed by atoms with van der Waals surface area (Å²) in [5.74, 6) is 0. The van der Waals surface area contributed by atoms with E-state index in [9.17, 15) is 0 Å². The molecular weight excluding hydrogens is 404 g/mol. The van der Waals surface area contributed by atoms with Gasteiger partial charge in [0.15, 0.2) is 0 Å². The van der Waals surface area contributed by atoms with Crippen LogP contribution in [0, 0.1) is 21.8 Å². The maximum absolute atomic E-state index is 3.25. The summed E-state index contributed by atoms with van der Waals surface area (Å²) in [6, 6.07) is 0. The van der Waals surface area contributed by atoms with Crippen molar-refractivity contribution in [2.45, 2.75) is 6.92 Å². The fourth-order valence-corrected chi connectivity index (χ4v) is 0. The van der Waals surface area contributed by atoms with Gasteiger partial charge in [0, 0.05) is 98.1 Å². The molecule has 0 aliphatic heterocycles. The van der Waals surface area contributed by atoms with Crippen LogP contribution in [0.25, 0.3) is 0 Å². The van der Waals surface area contributed by atoms with Crippen molar-refractivity contribution in [2.75, 3.05) is 0 Å². The fourth-order valence-electron chi connectivity index (χ4n) is 0. The first-order chi connectivity index (χ1) is 1.00. The summed E-state index contributed by atoms with van der Waals surface area (Å²) in [7, 11) is 0. The summed E-state index contributed by atoms with van der Waals surface area (Å²) in [6.45, 7) is 5.00. The summed E-state index contributed by atoms with van der Waals surface area (Å²) in [4.78, 5) is 0. The van der Waals surface area contributed by atoms with Gasteiger partial charge in [-0.2, -0.15) is 6.92 Å². The van der Waals surface area contributed by atoms with E-state index >= 15 is 0 Å². The summed E-state index contributed by atoms with van der Waals surface area (Å²) >= 11 is 0. The van der Waals surface area contributed by atoms with Gasteiger partial charge in [0.1, 0.15) is 0 Å². The minimum Gasteiger partial charge on any atom is -0.358 e. The minimum atomic E-state index is 0. The second-order valence-corrected chi connectivity index (χ2v) is 0. The van der Waals surface area contributed by atoms with E-state index in [1.54, 1.807) is 6.92 Å². The van der Waals surface area contributed by atoms with Crippen LogP contribution in [-0.2, 0) is 131 Å². The molecule has 0 saturated carbocycles. The third-order valence-electron chi connectivity index (χ3n) is 0. The van der Waals surface area contributed by atoms with Crippen LogP contribution in [0.3, 0.4) is 0 Å². The molecule has 0 N–H and O–H groups in total. The van der Waals surface area contributed by atoms with Crippen LogP contribution in [0.15, 0.2) is 0 Å². The van der Waals surface area contributed by atoms with E-state index in [0.717, 1.165) is 0 Å². The number of hydrogen-bond acceptors (Lipinski definition) is 0. The van der Waals surface area contributed by atoms with E-state index in [-0.39, 0.29) is 146 Å². The molecule has 0 saturated heterocycles. The molecule has 0 aliphatic rings. The average molecular weight is 415 g/mol. The molecule has 4 heteroatoms. The predicted octanol–water partition coefficient (Wildman–Crippen LogP) is 1.73. The predicted molar refractivity (Wildman–Crippen MR) is 23.9 cm³/mol. The largest absolute Gasteiger partial charge is 3.00 e. The summed E-state index contributed by atoms with van der Waals surface area (Å²) in [5.41, 5.74) is 0. The van der Waals surface area contributed by atoms with E-state index in [0.29, 0.717) is 0 Å². The smallest absolute Gasteiger partial charge is 0.358 e. The second kappa shape index (κ2) is 63.5. The fraction of sp³-hybridized carbons (Fsp3) is 0.250. The molecule has 0 unspecified atom stereocenters. The van der Waals surface area contributed by atoms with Crippen molar-refractivity contribution in [1.82, 2.24) is 0 Å². The molecule has 0 aromatic heterocycles. The molecule has 8 heavy (non-hydrogen) atoms. The maximum atomic E-state index is 3.25. The van der Waals surface area contributed by atoms with Crippen molar-refractivity contribution in [2.24, 2.45) is 0 Å². The van der Waals surface area contributed by atoms with Gasteiger partial charge >= 0.3 is 32.7 Å². The van der Waals surface area contributed by atoms with Gasteiger partial charge in [-0.1, -0.05) is 0 Å². The van der Waals surface area contributed by atoms with Crippen LogP contribution < -0.4 is 0 Å². The van der Waals surface area contributed by atoms with Crippen molar-refractivity contribution in [3.63, 3.8) is 0 Å². The van der Waals surface area contributed by atoms with E-state index in [1.165, 1.54) is 0 Å². The first-order valence-electron chi connectivity index (χ1n) is 0.707. The molecule has 0 spiro atoms. The topological polar surface area (TPSA) is 0 Å². The van der Waals surface area contributed by atoms with E-state index in [4.69, 9.17) is 0 Å². The second-order valence-electron chi connectivity index (χ2n) is 0. The Labute approximate surface area is 155 Å². The van der Waals surface area contributed by atoms with Gasteiger partial charge in [0.25, 0.3) is 0 Å². The van der Waals surface area contributed by atoms with Crippen LogP contribution in [0.5, 0.6) is 0 Å². The molecule has 0 rings (SSSR count). The number of rotatable bonds is 0. The van der Waals surface area contributed by atoms with Gasteiger partial charge in [0.05, 0.1) is 0 Å². The summed E-state index contributed by atoms with van der Waals surface area (Å²) in [5, 5.41) is 0. The summed E-state index contributed by atoms with van der Waals surface area (Å²) in [6.07, 6.45) is 0. The Kier molecular flexibility index (Phi) is 438. The van der Waals surface area contributed by atoms with Crippen LogP contribution in [0.2, 0.25) is 0 Å². The molecule has 0 amide bonds. The average Bonchev–Trinajstić information content (AvgIpc) is 1.00. The third-order valence-corrected chi connectivity index (χ3v) is 0. The Hall–Kier alpha value is 4.42. The quantitative estimate of drug-likeness (QED) is 0.530. The molecule has 3 radical (unpaired) electrons. The van der Waals surface area contributed by atoms with Crippen LogP contribution in [-0.4, -0.2) is 0 Å². The molecule has 0 bridgehead atoms. The molecule has 39 valence electrons. The van der Waals surface area contributed by atoms with Gasteiger partial charge in [-0.15, -0.1) is 0 Å². The molecule has 0 aromatic rings. The Morgan fingerprint density at radius 1 is 0.750 bits per heavy atom. The van der Waals surface area contributed by atoms with Crippen LogP contribution in [0.4, 0.5) is 0 Å². The summed E-state index contributed by atoms with van der Waals surface area (Å²) < 4.78 is 0. The molecule has 0 nitrogen and oxygen atoms in total. The van der Waals surface area contributed by atoms with Crippen molar-refractivity contribution >= 4 is 0 Å². The van der Waals surface area contributed by atoms with Gasteiger partial charge in [-0.3, -0.25) is 0 Å². The van der Waals surface area contributed by atoms with Crippen molar-refractivity contribution in [1.29, 1.82) is 0 Å². The molecule has 0 aromatic carbocycles. The maximum Gasteiger partial charge on any atom is 3.00 e. The Bertz CT molecular complexity index is 8.00. The normalized spacial score (nSPS) is 0.750. The van der Waals surface area contributed by atoms with Crippen molar-refractivity contribution in [3.05, 3.63) is 21.8 Å². The van der Waals surface area contributed by atoms with Gasteiger partial charge < -0.3 is 21.8 Å². The Morgan fingerprint density at radius 2 is 0.750 bits per heavy atom. The monoisotopic (exact) mass is 415 g/mol. The van der Waals surface area contributed by atoms with Crippen LogP contribution in [0.1, 0.15) is 6.92 Å². The molecule has 0 atom stereocenters. The van der Waals surface area contributed by atoms with Gasteiger partial charge in [0.2, 0.25) is 0 Å². The molecular formula is C4H11Y4. The number of hydrogen-bond donors (Lipinski definition) is 0. The van der Waals surface area contributed by atoms with Crippen molar-refractivity contribution < 1.29 is 131 Å². The molecule has 0 fully saturated rings. The first kappa shape index (κ1) is 55.2. The zero-order chi connectivity index (χ0) is 2.00. The van der Waals surface area contributed by atoms with E-state index in [1.807, 2.05) is 0 Å². The van der Waals surface area contributed by atoms with E-state index in [2.05, 4.69) is 6.92 Å². The van der Waals surface area contributed by atoms with Crippen LogP contribution >= 0.6 is 0 Å². The first-order valence-corrected chi connectivity index (χ1v) is 0.707. The van der Waals surface area contributed by atoms with E-state index < -0.39 is 0 Å². The van der Waals surface area contributed by atoms with Crippen molar-refractivity contribution in [3.8, 4) is 0 Å².